The number of nitrogens with one attached hydrogen (secondary N) is 1. The quantitative estimate of drug-likeness (QED) is 0.735. The van der Waals surface area contributed by atoms with Gasteiger partial charge in [-0.25, -0.2) is 22.3 Å². The van der Waals surface area contributed by atoms with Gasteiger partial charge < -0.3 is 9.84 Å². The van der Waals surface area contributed by atoms with Gasteiger partial charge in [0.15, 0.2) is 0 Å². The monoisotopic (exact) mass is 305 g/mol. The van der Waals surface area contributed by atoms with Gasteiger partial charge in [0, 0.05) is 6.54 Å². The van der Waals surface area contributed by atoms with E-state index in [4.69, 9.17) is 5.11 Å². The third kappa shape index (κ3) is 4.00. The van der Waals surface area contributed by atoms with Crippen molar-refractivity contribution in [3.05, 3.63) is 29.6 Å². The molecule has 7 nitrogen and oxygen atoms in total. The van der Waals surface area contributed by atoms with Crippen LogP contribution in [0.5, 0.6) is 0 Å². The molecule has 2 N–H and O–H groups in total. The van der Waals surface area contributed by atoms with Crippen LogP contribution >= 0.6 is 0 Å². The average Bonchev–Trinajstić information content (AvgIpc) is 2.37. The van der Waals surface area contributed by atoms with Gasteiger partial charge in [-0.15, -0.1) is 0 Å². The molecule has 9 heteroatoms. The summed E-state index contributed by atoms with van der Waals surface area (Å²) in [6, 6.07) is 2.56. The van der Waals surface area contributed by atoms with Crippen LogP contribution in [-0.2, 0) is 19.6 Å². The molecule has 1 aromatic rings. The van der Waals surface area contributed by atoms with Crippen molar-refractivity contribution in [2.24, 2.45) is 0 Å². The van der Waals surface area contributed by atoms with E-state index in [0.29, 0.717) is 6.07 Å². The van der Waals surface area contributed by atoms with Gasteiger partial charge in [-0.3, -0.25) is 4.79 Å². The number of aliphatic carboxylic acids is 1. The molecular formula is C11H12FNO6S. The zero-order valence-electron chi connectivity index (χ0n) is 10.4. The Morgan fingerprint density at radius 3 is 2.60 bits per heavy atom. The van der Waals surface area contributed by atoms with Crippen LogP contribution in [0.1, 0.15) is 16.8 Å². The summed E-state index contributed by atoms with van der Waals surface area (Å²) in [6.07, 6.45) is -0.442. The molecule has 20 heavy (non-hydrogen) atoms. The van der Waals surface area contributed by atoms with E-state index in [9.17, 15) is 22.4 Å². The molecule has 0 radical (unpaired) electrons. The van der Waals surface area contributed by atoms with Crippen molar-refractivity contribution >= 4 is 22.0 Å². The number of methoxy groups -OCH3 is 1. The Morgan fingerprint density at radius 2 is 2.05 bits per heavy atom. The van der Waals surface area contributed by atoms with E-state index in [-0.39, 0.29) is 12.1 Å². The normalized spacial score (nSPS) is 11.1. The Kier molecular flexibility index (Phi) is 5.17. The number of rotatable bonds is 6. The van der Waals surface area contributed by atoms with E-state index in [1.54, 1.807) is 0 Å². The molecule has 0 spiro atoms. The number of hydrogen-bond acceptors (Lipinski definition) is 5. The van der Waals surface area contributed by atoms with Crippen LogP contribution in [0.25, 0.3) is 0 Å². The molecule has 0 heterocycles. The van der Waals surface area contributed by atoms with Crippen LogP contribution in [0.4, 0.5) is 4.39 Å². The second-order valence-corrected chi connectivity index (χ2v) is 5.41. The number of benzene rings is 1. The summed E-state index contributed by atoms with van der Waals surface area (Å²) in [5.74, 6) is -2.99. The minimum absolute atomic E-state index is 0.336. The number of carbonyl (C=O) groups excluding carboxylic acids is 1. The first-order valence-corrected chi connectivity index (χ1v) is 6.85. The van der Waals surface area contributed by atoms with Crippen LogP contribution in [0.3, 0.4) is 0 Å². The van der Waals surface area contributed by atoms with Crippen LogP contribution in [0.15, 0.2) is 23.1 Å². The molecule has 0 saturated carbocycles. The fourth-order valence-electron chi connectivity index (χ4n) is 1.37. The molecule has 0 aliphatic rings. The lowest BCUT2D eigenvalue weighted by atomic mass is 10.2. The van der Waals surface area contributed by atoms with E-state index >= 15 is 0 Å². The minimum atomic E-state index is -4.22. The lowest BCUT2D eigenvalue weighted by Gasteiger charge is -2.09. The summed E-state index contributed by atoms with van der Waals surface area (Å²) in [6.45, 7) is -0.380. The van der Waals surface area contributed by atoms with Gasteiger partial charge >= 0.3 is 11.9 Å². The summed E-state index contributed by atoms with van der Waals surface area (Å²) < 4.78 is 43.4. The topological polar surface area (TPSA) is 110 Å². The fourth-order valence-corrected chi connectivity index (χ4v) is 2.60. The van der Waals surface area contributed by atoms with Gasteiger partial charge in [-0.2, -0.15) is 0 Å². The van der Waals surface area contributed by atoms with Crippen molar-refractivity contribution in [2.45, 2.75) is 11.3 Å². The zero-order valence-corrected chi connectivity index (χ0v) is 11.2. The summed E-state index contributed by atoms with van der Waals surface area (Å²) in [5.41, 5.74) is -0.336. The number of esters is 1. The molecule has 110 valence electrons. The molecule has 0 unspecified atom stereocenters. The van der Waals surface area contributed by atoms with Gasteiger partial charge in [-0.1, -0.05) is 0 Å². The SMILES string of the molecule is COC(=O)c1ccc(F)cc1S(=O)(=O)NCCC(=O)O. The molecule has 0 aliphatic heterocycles. The number of sulfonamides is 1. The first-order chi connectivity index (χ1) is 9.27. The van der Waals surface area contributed by atoms with Crippen molar-refractivity contribution in [2.75, 3.05) is 13.7 Å². The maximum Gasteiger partial charge on any atom is 0.339 e. The van der Waals surface area contributed by atoms with Gasteiger partial charge in [0.25, 0.3) is 0 Å². The van der Waals surface area contributed by atoms with E-state index in [1.807, 2.05) is 4.72 Å². The third-order valence-electron chi connectivity index (χ3n) is 2.27. The standard InChI is InChI=1S/C11H12FNO6S/c1-19-11(16)8-3-2-7(12)6-9(8)20(17,18)13-5-4-10(14)15/h2-3,6,13H,4-5H2,1H3,(H,14,15). The Bertz CT molecular complexity index is 628. The van der Waals surface area contributed by atoms with E-state index in [2.05, 4.69) is 4.74 Å². The Labute approximate surface area is 114 Å². The summed E-state index contributed by atoms with van der Waals surface area (Å²) in [7, 11) is -3.16. The summed E-state index contributed by atoms with van der Waals surface area (Å²) in [4.78, 5) is 21.2. The Morgan fingerprint density at radius 1 is 1.40 bits per heavy atom. The highest BCUT2D eigenvalue weighted by atomic mass is 32.2. The Hall–Kier alpha value is -2.00. The summed E-state index contributed by atoms with van der Waals surface area (Å²) >= 11 is 0. The van der Waals surface area contributed by atoms with E-state index in [0.717, 1.165) is 19.2 Å². The predicted octanol–water partition coefficient (Wildman–Crippen LogP) is 0.365. The van der Waals surface area contributed by atoms with Gasteiger partial charge in [0.1, 0.15) is 5.82 Å². The van der Waals surface area contributed by atoms with Gasteiger partial charge in [-0.05, 0) is 18.2 Å². The molecule has 0 bridgehead atoms. The van der Waals surface area contributed by atoms with Gasteiger partial charge in [0.05, 0.1) is 24.0 Å². The number of ether oxygens (including phenoxy) is 1. The highest BCUT2D eigenvalue weighted by Crippen LogP contribution is 2.18. The van der Waals surface area contributed by atoms with E-state index in [1.165, 1.54) is 0 Å². The smallest absolute Gasteiger partial charge is 0.339 e. The number of carboxylic acids is 1. The first-order valence-electron chi connectivity index (χ1n) is 5.37. The van der Waals surface area contributed by atoms with Crippen LogP contribution in [0.2, 0.25) is 0 Å². The average molecular weight is 305 g/mol. The zero-order chi connectivity index (χ0) is 15.3. The molecule has 0 atom stereocenters. The third-order valence-corrected chi connectivity index (χ3v) is 3.77. The lowest BCUT2D eigenvalue weighted by molar-refractivity contribution is -0.136. The number of carboxylic acid groups (broad SMARTS) is 1. The highest BCUT2D eigenvalue weighted by molar-refractivity contribution is 7.89. The molecule has 0 fully saturated rings. The number of carbonyl (C=O) groups is 2. The molecule has 1 aromatic carbocycles. The van der Waals surface area contributed by atoms with Crippen molar-refractivity contribution < 1.29 is 32.2 Å². The van der Waals surface area contributed by atoms with Crippen LogP contribution in [0, 0.1) is 5.82 Å². The van der Waals surface area contributed by atoms with Crippen molar-refractivity contribution in [3.8, 4) is 0 Å². The van der Waals surface area contributed by atoms with Crippen molar-refractivity contribution in [3.63, 3.8) is 0 Å². The molecule has 0 aromatic heterocycles. The number of hydrogen-bond donors (Lipinski definition) is 2. The fraction of sp³-hybridized carbons (Fsp3) is 0.273. The van der Waals surface area contributed by atoms with Crippen molar-refractivity contribution in [1.29, 1.82) is 0 Å². The molecule has 1 rings (SSSR count). The molecular weight excluding hydrogens is 293 g/mol. The maximum absolute atomic E-state index is 13.2. The minimum Gasteiger partial charge on any atom is -0.481 e. The lowest BCUT2D eigenvalue weighted by Crippen LogP contribution is -2.28. The van der Waals surface area contributed by atoms with E-state index < -0.39 is 39.1 Å². The largest absolute Gasteiger partial charge is 0.481 e. The predicted molar refractivity (Wildman–Crippen MR) is 65.2 cm³/mol. The first kappa shape index (κ1) is 16.1. The second-order valence-electron chi connectivity index (χ2n) is 3.67. The van der Waals surface area contributed by atoms with Crippen molar-refractivity contribution in [1.82, 2.24) is 4.72 Å². The highest BCUT2D eigenvalue weighted by Gasteiger charge is 2.23. The Balaban J connectivity index is 3.12. The maximum atomic E-state index is 13.2. The summed E-state index contributed by atoms with van der Waals surface area (Å²) in [5, 5.41) is 8.44. The molecule has 0 saturated heterocycles. The van der Waals surface area contributed by atoms with Crippen LogP contribution in [-0.4, -0.2) is 39.1 Å². The molecule has 0 aliphatic carbocycles. The second kappa shape index (κ2) is 6.44. The van der Waals surface area contributed by atoms with Crippen LogP contribution < -0.4 is 4.72 Å². The number of halogens is 1. The molecule has 0 amide bonds. The van der Waals surface area contributed by atoms with Gasteiger partial charge in [0.2, 0.25) is 10.0 Å².